The van der Waals surface area contributed by atoms with Gasteiger partial charge in [-0.1, -0.05) is 35.0 Å². The van der Waals surface area contributed by atoms with Crippen LogP contribution in [-0.4, -0.2) is 83.8 Å². The van der Waals surface area contributed by atoms with E-state index in [1.807, 2.05) is 12.3 Å². The van der Waals surface area contributed by atoms with E-state index in [-0.39, 0.29) is 21.9 Å². The molecule has 2 saturated heterocycles. The van der Waals surface area contributed by atoms with Crippen molar-refractivity contribution in [3.8, 4) is 0 Å². The quantitative estimate of drug-likeness (QED) is 0.379. The minimum Gasteiger partial charge on any atom is -0.465 e. The van der Waals surface area contributed by atoms with Crippen molar-refractivity contribution in [1.82, 2.24) is 19.2 Å². The molecular formula is C23H29Cl2N5O4S2. The fourth-order valence-electron chi connectivity index (χ4n) is 4.83. The monoisotopic (exact) mass is 573 g/mol. The Balaban J connectivity index is 1.33. The molecule has 1 aromatic heterocycles. The van der Waals surface area contributed by atoms with Gasteiger partial charge in [0, 0.05) is 50.0 Å². The van der Waals surface area contributed by atoms with Gasteiger partial charge in [-0.3, -0.25) is 0 Å². The van der Waals surface area contributed by atoms with Crippen molar-refractivity contribution in [1.29, 1.82) is 0 Å². The minimum absolute atomic E-state index is 0.0410. The van der Waals surface area contributed by atoms with E-state index in [0.717, 1.165) is 18.9 Å². The fraction of sp³-hybridized carbons (Fsp3) is 0.522. The van der Waals surface area contributed by atoms with Crippen LogP contribution in [0.1, 0.15) is 25.7 Å². The molecule has 0 spiro atoms. The zero-order chi connectivity index (χ0) is 25.9. The fourth-order valence-corrected chi connectivity index (χ4v) is 7.40. The zero-order valence-corrected chi connectivity index (χ0v) is 23.0. The van der Waals surface area contributed by atoms with Gasteiger partial charge in [-0.15, -0.1) is 0 Å². The smallest absolute Gasteiger partial charge is 0.407 e. The van der Waals surface area contributed by atoms with Crippen LogP contribution in [0.5, 0.6) is 0 Å². The van der Waals surface area contributed by atoms with Gasteiger partial charge in [-0.2, -0.15) is 4.31 Å². The molecule has 0 unspecified atom stereocenters. The lowest BCUT2D eigenvalue weighted by atomic mass is 9.95. The first-order chi connectivity index (χ1) is 17.2. The Morgan fingerprint density at radius 3 is 2.44 bits per heavy atom. The highest BCUT2D eigenvalue weighted by Crippen LogP contribution is 2.31. The Bertz CT molecular complexity index is 1190. The molecule has 2 fully saturated rings. The highest BCUT2D eigenvalue weighted by Gasteiger charge is 2.34. The number of piperidine rings is 2. The molecule has 196 valence electrons. The lowest BCUT2D eigenvalue weighted by Crippen LogP contribution is -2.50. The van der Waals surface area contributed by atoms with Crippen LogP contribution in [-0.2, 0) is 10.0 Å². The van der Waals surface area contributed by atoms with Crippen LogP contribution >= 0.6 is 35.0 Å². The lowest BCUT2D eigenvalue weighted by molar-refractivity contribution is 0.0963. The predicted octanol–water partition coefficient (Wildman–Crippen LogP) is 4.56. The summed E-state index contributed by atoms with van der Waals surface area (Å²) in [4.78, 5) is 24.7. The second-order valence-electron chi connectivity index (χ2n) is 8.98. The van der Waals surface area contributed by atoms with E-state index in [9.17, 15) is 18.3 Å². The summed E-state index contributed by atoms with van der Waals surface area (Å²) in [6.45, 7) is 2.49. The molecule has 1 N–H and O–H groups in total. The number of nitrogens with zero attached hydrogens (tertiary/aromatic N) is 5. The van der Waals surface area contributed by atoms with Crippen LogP contribution in [0.25, 0.3) is 0 Å². The third-order valence-corrected chi connectivity index (χ3v) is 9.99. The minimum atomic E-state index is -3.74. The normalized spacial score (nSPS) is 18.4. The van der Waals surface area contributed by atoms with E-state index >= 15 is 0 Å². The van der Waals surface area contributed by atoms with Crippen molar-refractivity contribution in [2.75, 3.05) is 43.9 Å². The van der Waals surface area contributed by atoms with Gasteiger partial charge >= 0.3 is 6.09 Å². The van der Waals surface area contributed by atoms with Crippen LogP contribution in [0, 0.1) is 5.92 Å². The molecule has 2 aliphatic rings. The number of hydrogen-bond acceptors (Lipinski definition) is 7. The van der Waals surface area contributed by atoms with Crippen molar-refractivity contribution in [3.05, 3.63) is 40.5 Å². The molecule has 0 radical (unpaired) electrons. The van der Waals surface area contributed by atoms with Crippen molar-refractivity contribution in [2.45, 2.75) is 41.8 Å². The number of anilines is 1. The number of thioether (sulfide) groups is 1. The standard InChI is InChI=1S/C23H29Cl2N5O4S2/c1-35-22-26-9-4-21(27-22)28-10-7-18(8-11-28)30(23(31)32)15-16-5-12-29(13-6-16)36(33,34)20-3-2-17(24)14-19(20)25/h2-4,9,14,16,18H,5-8,10-13,15H2,1H3,(H,31,32). The van der Waals surface area contributed by atoms with Crippen LogP contribution in [0.2, 0.25) is 10.0 Å². The SMILES string of the molecule is CSc1nccc(N2CCC(N(CC3CCN(S(=O)(=O)c4ccc(Cl)cc4Cl)CC3)C(=O)O)CC2)n1. The van der Waals surface area contributed by atoms with Gasteiger partial charge in [0.1, 0.15) is 10.7 Å². The van der Waals surface area contributed by atoms with Crippen LogP contribution in [0.3, 0.4) is 0 Å². The first-order valence-electron chi connectivity index (χ1n) is 11.8. The summed E-state index contributed by atoms with van der Waals surface area (Å²) in [5, 5.41) is 11.1. The number of rotatable bonds is 7. The third-order valence-electron chi connectivity index (χ3n) is 6.82. The predicted molar refractivity (Wildman–Crippen MR) is 142 cm³/mol. The molecule has 0 saturated carbocycles. The average Bonchev–Trinajstić information content (AvgIpc) is 2.87. The summed E-state index contributed by atoms with van der Waals surface area (Å²) in [5.41, 5.74) is 0. The number of carboxylic acid groups (broad SMARTS) is 1. The maximum Gasteiger partial charge on any atom is 0.407 e. The summed E-state index contributed by atoms with van der Waals surface area (Å²) in [6, 6.07) is 6.17. The van der Waals surface area contributed by atoms with Crippen molar-refractivity contribution < 1.29 is 18.3 Å². The van der Waals surface area contributed by atoms with Gasteiger partial charge in [0.15, 0.2) is 5.16 Å². The van der Waals surface area contributed by atoms with Gasteiger partial charge in [0.05, 0.1) is 5.02 Å². The summed E-state index contributed by atoms with van der Waals surface area (Å²) in [7, 11) is -3.74. The summed E-state index contributed by atoms with van der Waals surface area (Å²) in [5.74, 6) is 0.960. The van der Waals surface area contributed by atoms with Crippen LogP contribution in [0.4, 0.5) is 10.6 Å². The lowest BCUT2D eigenvalue weighted by Gasteiger charge is -2.40. The van der Waals surface area contributed by atoms with E-state index < -0.39 is 16.1 Å². The molecule has 1 amide bonds. The second-order valence-corrected chi connectivity index (χ2v) is 12.5. The van der Waals surface area contributed by atoms with E-state index in [0.29, 0.717) is 55.5 Å². The molecule has 36 heavy (non-hydrogen) atoms. The summed E-state index contributed by atoms with van der Waals surface area (Å²) >= 11 is 13.5. The number of carbonyl (C=O) groups is 1. The largest absolute Gasteiger partial charge is 0.465 e. The number of amides is 1. The number of hydrogen-bond donors (Lipinski definition) is 1. The Kier molecular flexibility index (Phi) is 8.87. The summed E-state index contributed by atoms with van der Waals surface area (Å²) < 4.78 is 27.6. The Morgan fingerprint density at radius 2 is 1.83 bits per heavy atom. The molecule has 1 aromatic carbocycles. The first-order valence-corrected chi connectivity index (χ1v) is 15.2. The highest BCUT2D eigenvalue weighted by atomic mass is 35.5. The van der Waals surface area contributed by atoms with Gasteiger partial charge in [0.2, 0.25) is 10.0 Å². The molecule has 2 aromatic rings. The molecule has 3 heterocycles. The number of benzene rings is 1. The number of sulfonamides is 1. The van der Waals surface area contributed by atoms with Gasteiger partial charge in [-0.25, -0.2) is 23.2 Å². The number of aromatic nitrogens is 2. The maximum absolute atomic E-state index is 13.1. The second kappa shape index (κ2) is 11.7. The molecular weight excluding hydrogens is 545 g/mol. The Hall–Kier alpha value is -1.79. The Morgan fingerprint density at radius 1 is 1.14 bits per heavy atom. The topological polar surface area (TPSA) is 107 Å². The van der Waals surface area contributed by atoms with E-state index in [2.05, 4.69) is 14.9 Å². The van der Waals surface area contributed by atoms with Gasteiger partial charge < -0.3 is 14.9 Å². The van der Waals surface area contributed by atoms with Gasteiger partial charge in [-0.05, 0) is 62.1 Å². The van der Waals surface area contributed by atoms with Crippen molar-refractivity contribution in [3.63, 3.8) is 0 Å². The van der Waals surface area contributed by atoms with Crippen LogP contribution in [0.15, 0.2) is 40.5 Å². The maximum atomic E-state index is 13.1. The molecule has 2 aliphatic heterocycles. The van der Waals surface area contributed by atoms with E-state index in [1.54, 1.807) is 11.1 Å². The molecule has 0 aliphatic carbocycles. The molecule has 4 rings (SSSR count). The molecule has 9 nitrogen and oxygen atoms in total. The van der Waals surface area contributed by atoms with Crippen LogP contribution < -0.4 is 4.90 Å². The zero-order valence-electron chi connectivity index (χ0n) is 19.9. The molecule has 0 atom stereocenters. The van der Waals surface area contributed by atoms with Gasteiger partial charge in [0.25, 0.3) is 0 Å². The Labute approximate surface area is 225 Å². The summed E-state index contributed by atoms with van der Waals surface area (Å²) in [6.07, 6.45) is 5.36. The molecule has 0 bridgehead atoms. The first kappa shape index (κ1) is 27.3. The average molecular weight is 575 g/mol. The molecule has 13 heteroatoms. The van der Waals surface area contributed by atoms with Crippen molar-refractivity contribution in [2.24, 2.45) is 5.92 Å². The number of halogens is 2. The van der Waals surface area contributed by atoms with E-state index in [1.165, 1.54) is 34.3 Å². The van der Waals surface area contributed by atoms with E-state index in [4.69, 9.17) is 23.2 Å². The highest BCUT2D eigenvalue weighted by molar-refractivity contribution is 7.98. The third kappa shape index (κ3) is 6.19. The van der Waals surface area contributed by atoms with Crippen molar-refractivity contribution >= 4 is 56.9 Å².